The van der Waals surface area contributed by atoms with E-state index in [0.29, 0.717) is 0 Å². The van der Waals surface area contributed by atoms with Crippen LogP contribution in [0.25, 0.3) is 0 Å². The Bertz CT molecular complexity index is 397. The number of likely N-dealkylation sites (N-methyl/N-ethyl adjacent to an activating group) is 1. The molecular weight excluding hydrogens is 248 g/mol. The molecule has 1 aromatic carbocycles. The molecule has 4 heteroatoms. The number of ether oxygens (including phenoxy) is 1. The molecule has 1 fully saturated rings. The lowest BCUT2D eigenvalue weighted by atomic mass is 10.2. The standard InChI is InChI=1S/C14H21ClN2O/c1-3-17-6-7-18-13(10-17)9-16-14-8-12(15)5-4-11(14)2/h4-5,8,13,16H,3,6-7,9-10H2,1-2H3. The molecule has 0 spiro atoms. The van der Waals surface area contributed by atoms with E-state index in [-0.39, 0.29) is 6.10 Å². The average molecular weight is 269 g/mol. The second kappa shape index (κ2) is 6.41. The van der Waals surface area contributed by atoms with Gasteiger partial charge in [-0.2, -0.15) is 0 Å². The topological polar surface area (TPSA) is 24.5 Å². The summed E-state index contributed by atoms with van der Waals surface area (Å²) >= 11 is 6.00. The van der Waals surface area contributed by atoms with Crippen LogP contribution in [0, 0.1) is 6.92 Å². The Morgan fingerprint density at radius 1 is 1.50 bits per heavy atom. The van der Waals surface area contributed by atoms with Crippen molar-refractivity contribution in [3.63, 3.8) is 0 Å². The maximum atomic E-state index is 6.00. The molecule has 100 valence electrons. The molecule has 1 aliphatic heterocycles. The van der Waals surface area contributed by atoms with Gasteiger partial charge in [-0.15, -0.1) is 0 Å². The first-order valence-corrected chi connectivity index (χ1v) is 6.91. The Morgan fingerprint density at radius 3 is 3.11 bits per heavy atom. The first-order valence-electron chi connectivity index (χ1n) is 6.53. The number of benzene rings is 1. The minimum atomic E-state index is 0.261. The first kappa shape index (κ1) is 13.7. The van der Waals surface area contributed by atoms with Crippen LogP contribution in [0.2, 0.25) is 5.02 Å². The van der Waals surface area contributed by atoms with Crippen LogP contribution < -0.4 is 5.32 Å². The molecule has 0 radical (unpaired) electrons. The van der Waals surface area contributed by atoms with Gasteiger partial charge in [0, 0.05) is 30.3 Å². The monoisotopic (exact) mass is 268 g/mol. The summed E-state index contributed by atoms with van der Waals surface area (Å²) in [7, 11) is 0. The number of aryl methyl sites for hydroxylation is 1. The van der Waals surface area contributed by atoms with Crippen molar-refractivity contribution in [3.05, 3.63) is 28.8 Å². The molecule has 1 aromatic rings. The van der Waals surface area contributed by atoms with E-state index >= 15 is 0 Å². The summed E-state index contributed by atoms with van der Waals surface area (Å²) in [6.07, 6.45) is 0.261. The van der Waals surface area contributed by atoms with E-state index in [0.717, 1.165) is 43.5 Å². The minimum absolute atomic E-state index is 0.261. The number of nitrogens with zero attached hydrogens (tertiary/aromatic N) is 1. The van der Waals surface area contributed by atoms with E-state index < -0.39 is 0 Å². The molecule has 1 aliphatic rings. The van der Waals surface area contributed by atoms with Crippen LogP contribution in [0.4, 0.5) is 5.69 Å². The predicted octanol–water partition coefficient (Wildman–Crippen LogP) is 2.78. The Labute approximate surface area is 114 Å². The summed E-state index contributed by atoms with van der Waals surface area (Å²) in [5, 5.41) is 4.20. The number of nitrogens with one attached hydrogen (secondary N) is 1. The fraction of sp³-hybridized carbons (Fsp3) is 0.571. The van der Waals surface area contributed by atoms with Crippen molar-refractivity contribution >= 4 is 17.3 Å². The largest absolute Gasteiger partial charge is 0.382 e. The van der Waals surface area contributed by atoms with Crippen molar-refractivity contribution in [2.45, 2.75) is 20.0 Å². The quantitative estimate of drug-likeness (QED) is 0.909. The zero-order valence-corrected chi connectivity index (χ0v) is 11.8. The van der Waals surface area contributed by atoms with Crippen LogP contribution in [-0.4, -0.2) is 43.8 Å². The molecule has 1 unspecified atom stereocenters. The predicted molar refractivity (Wildman–Crippen MR) is 76.5 cm³/mol. The molecule has 0 aromatic heterocycles. The molecule has 1 N–H and O–H groups in total. The van der Waals surface area contributed by atoms with Gasteiger partial charge < -0.3 is 10.1 Å². The van der Waals surface area contributed by atoms with Crippen LogP contribution in [0.1, 0.15) is 12.5 Å². The van der Waals surface area contributed by atoms with E-state index in [1.807, 2.05) is 18.2 Å². The van der Waals surface area contributed by atoms with E-state index in [4.69, 9.17) is 16.3 Å². The molecule has 0 saturated carbocycles. The number of hydrogen-bond donors (Lipinski definition) is 1. The van der Waals surface area contributed by atoms with Crippen LogP contribution in [0.5, 0.6) is 0 Å². The smallest absolute Gasteiger partial charge is 0.0874 e. The summed E-state index contributed by atoms with van der Waals surface area (Å²) in [6.45, 7) is 9.07. The normalized spacial score (nSPS) is 20.9. The van der Waals surface area contributed by atoms with Crippen LogP contribution >= 0.6 is 11.6 Å². The lowest BCUT2D eigenvalue weighted by Crippen LogP contribution is -2.45. The highest BCUT2D eigenvalue weighted by Gasteiger charge is 2.18. The zero-order chi connectivity index (χ0) is 13.0. The molecule has 3 nitrogen and oxygen atoms in total. The van der Waals surface area contributed by atoms with Crippen molar-refractivity contribution in [1.29, 1.82) is 0 Å². The Hall–Kier alpha value is -0.770. The summed E-state index contributed by atoms with van der Waals surface area (Å²) in [5.41, 5.74) is 2.31. The first-order chi connectivity index (χ1) is 8.69. The van der Waals surface area contributed by atoms with E-state index in [1.165, 1.54) is 5.56 Å². The highest BCUT2D eigenvalue weighted by molar-refractivity contribution is 6.30. The van der Waals surface area contributed by atoms with E-state index in [2.05, 4.69) is 24.1 Å². The number of anilines is 1. The second-order valence-corrected chi connectivity index (χ2v) is 5.16. The number of morpholine rings is 1. The van der Waals surface area contributed by atoms with Gasteiger partial charge in [0.1, 0.15) is 0 Å². The SMILES string of the molecule is CCN1CCOC(CNc2cc(Cl)ccc2C)C1. The third kappa shape index (κ3) is 3.61. The molecule has 0 aliphatic carbocycles. The zero-order valence-electron chi connectivity index (χ0n) is 11.1. The fourth-order valence-electron chi connectivity index (χ4n) is 2.20. The third-order valence-electron chi connectivity index (χ3n) is 3.39. The minimum Gasteiger partial charge on any atom is -0.382 e. The molecular formula is C14H21ClN2O. The van der Waals surface area contributed by atoms with Gasteiger partial charge in [0.25, 0.3) is 0 Å². The maximum Gasteiger partial charge on any atom is 0.0874 e. The molecule has 0 bridgehead atoms. The molecule has 1 atom stereocenters. The van der Waals surface area contributed by atoms with Gasteiger partial charge in [0.2, 0.25) is 0 Å². The molecule has 1 heterocycles. The van der Waals surface area contributed by atoms with Crippen LogP contribution in [0.15, 0.2) is 18.2 Å². The number of rotatable bonds is 4. The van der Waals surface area contributed by atoms with Gasteiger partial charge in [-0.05, 0) is 31.2 Å². The van der Waals surface area contributed by atoms with E-state index in [1.54, 1.807) is 0 Å². The summed E-state index contributed by atoms with van der Waals surface area (Å²) in [6, 6.07) is 5.92. The van der Waals surface area contributed by atoms with Gasteiger partial charge in [-0.1, -0.05) is 24.6 Å². The Balaban J connectivity index is 1.89. The van der Waals surface area contributed by atoms with Crippen molar-refractivity contribution < 1.29 is 4.74 Å². The number of hydrogen-bond acceptors (Lipinski definition) is 3. The van der Waals surface area contributed by atoms with Gasteiger partial charge in [0.15, 0.2) is 0 Å². The third-order valence-corrected chi connectivity index (χ3v) is 3.63. The molecule has 1 saturated heterocycles. The average Bonchev–Trinajstić information content (AvgIpc) is 2.40. The van der Waals surface area contributed by atoms with Crippen molar-refractivity contribution in [2.24, 2.45) is 0 Å². The summed E-state index contributed by atoms with van der Waals surface area (Å²) in [5.74, 6) is 0. The summed E-state index contributed by atoms with van der Waals surface area (Å²) < 4.78 is 5.76. The van der Waals surface area contributed by atoms with Crippen LogP contribution in [-0.2, 0) is 4.74 Å². The lowest BCUT2D eigenvalue weighted by Gasteiger charge is -2.32. The fourth-order valence-corrected chi connectivity index (χ4v) is 2.37. The highest BCUT2D eigenvalue weighted by Crippen LogP contribution is 2.20. The van der Waals surface area contributed by atoms with Gasteiger partial charge in [-0.3, -0.25) is 4.90 Å². The summed E-state index contributed by atoms with van der Waals surface area (Å²) in [4.78, 5) is 2.42. The molecule has 18 heavy (non-hydrogen) atoms. The van der Waals surface area contributed by atoms with Crippen molar-refractivity contribution in [1.82, 2.24) is 4.90 Å². The molecule has 2 rings (SSSR count). The Kier molecular flexibility index (Phi) is 4.87. The Morgan fingerprint density at radius 2 is 2.33 bits per heavy atom. The van der Waals surface area contributed by atoms with Gasteiger partial charge in [-0.25, -0.2) is 0 Å². The van der Waals surface area contributed by atoms with Crippen LogP contribution in [0.3, 0.4) is 0 Å². The maximum absolute atomic E-state index is 6.00. The molecule has 0 amide bonds. The highest BCUT2D eigenvalue weighted by atomic mass is 35.5. The van der Waals surface area contributed by atoms with Gasteiger partial charge >= 0.3 is 0 Å². The second-order valence-electron chi connectivity index (χ2n) is 4.73. The van der Waals surface area contributed by atoms with Gasteiger partial charge in [0.05, 0.1) is 12.7 Å². The number of halogens is 1. The van der Waals surface area contributed by atoms with Crippen molar-refractivity contribution in [2.75, 3.05) is 38.1 Å². The van der Waals surface area contributed by atoms with E-state index in [9.17, 15) is 0 Å². The lowest BCUT2D eigenvalue weighted by molar-refractivity contribution is -0.0191. The van der Waals surface area contributed by atoms with Crippen molar-refractivity contribution in [3.8, 4) is 0 Å².